The topological polar surface area (TPSA) is 71.5 Å². The van der Waals surface area contributed by atoms with Crippen molar-refractivity contribution in [3.63, 3.8) is 0 Å². The Morgan fingerprint density at radius 1 is 1.08 bits per heavy atom. The average Bonchev–Trinajstić information content (AvgIpc) is 2.62. The van der Waals surface area contributed by atoms with Crippen molar-refractivity contribution in [1.82, 2.24) is 9.71 Å². The minimum Gasteiger partial charge on any atom is -0.497 e. The Labute approximate surface area is 143 Å². The number of rotatable bonds is 8. The molecule has 2 aromatic rings. The van der Waals surface area contributed by atoms with Crippen LogP contribution in [0.1, 0.15) is 19.4 Å². The maximum absolute atomic E-state index is 12.3. The van der Waals surface area contributed by atoms with Crippen LogP contribution in [0.5, 0.6) is 5.75 Å². The quantitative estimate of drug-likeness (QED) is 0.792. The summed E-state index contributed by atoms with van der Waals surface area (Å²) >= 11 is 0. The smallest absolute Gasteiger partial charge is 0.240 e. The molecule has 0 aliphatic carbocycles. The van der Waals surface area contributed by atoms with Crippen molar-refractivity contribution in [2.75, 3.05) is 25.1 Å². The molecule has 1 aromatic carbocycles. The highest BCUT2D eigenvalue weighted by Gasteiger charge is 2.14. The Morgan fingerprint density at radius 2 is 1.75 bits per heavy atom. The van der Waals surface area contributed by atoms with Crippen LogP contribution in [0.25, 0.3) is 0 Å². The first kappa shape index (κ1) is 18.2. The number of ether oxygens (including phenoxy) is 1. The van der Waals surface area contributed by atoms with Crippen LogP contribution < -0.4 is 14.4 Å². The standard InChI is InChI=1S/C17H23N3O3S/c1-4-20(5-2)17-11-6-14(12-18-17)13-19-24(21,22)16-9-7-15(23-3)8-10-16/h6-12,19H,4-5,13H2,1-3H3. The van der Waals surface area contributed by atoms with Gasteiger partial charge in [0.2, 0.25) is 10.0 Å². The maximum Gasteiger partial charge on any atom is 0.240 e. The van der Waals surface area contributed by atoms with Crippen molar-refractivity contribution >= 4 is 15.8 Å². The average molecular weight is 349 g/mol. The van der Waals surface area contributed by atoms with E-state index in [1.54, 1.807) is 18.3 Å². The Kier molecular flexibility index (Phi) is 6.16. The van der Waals surface area contributed by atoms with Gasteiger partial charge in [0, 0.05) is 25.8 Å². The van der Waals surface area contributed by atoms with E-state index >= 15 is 0 Å². The lowest BCUT2D eigenvalue weighted by Gasteiger charge is -2.19. The summed E-state index contributed by atoms with van der Waals surface area (Å²) in [6.07, 6.45) is 1.70. The van der Waals surface area contributed by atoms with E-state index in [2.05, 4.69) is 28.5 Å². The number of nitrogens with one attached hydrogen (secondary N) is 1. The molecule has 24 heavy (non-hydrogen) atoms. The Balaban J connectivity index is 2.03. The van der Waals surface area contributed by atoms with E-state index in [0.717, 1.165) is 24.5 Å². The van der Waals surface area contributed by atoms with Crippen molar-refractivity contribution in [3.05, 3.63) is 48.2 Å². The number of anilines is 1. The SMILES string of the molecule is CCN(CC)c1ccc(CNS(=O)(=O)c2ccc(OC)cc2)cn1. The number of hydrogen-bond donors (Lipinski definition) is 1. The second-order valence-corrected chi connectivity index (χ2v) is 6.96. The van der Waals surface area contributed by atoms with Gasteiger partial charge >= 0.3 is 0 Å². The molecule has 2 rings (SSSR count). The van der Waals surface area contributed by atoms with E-state index in [1.807, 2.05) is 12.1 Å². The zero-order valence-corrected chi connectivity index (χ0v) is 15.0. The molecule has 1 N–H and O–H groups in total. The van der Waals surface area contributed by atoms with E-state index < -0.39 is 10.0 Å². The lowest BCUT2D eigenvalue weighted by molar-refractivity contribution is 0.414. The zero-order valence-electron chi connectivity index (χ0n) is 14.2. The van der Waals surface area contributed by atoms with Gasteiger partial charge in [-0.1, -0.05) is 6.07 Å². The normalized spacial score (nSPS) is 11.3. The summed E-state index contributed by atoms with van der Waals surface area (Å²) < 4.78 is 32.2. The van der Waals surface area contributed by atoms with Crippen LogP contribution in [0.2, 0.25) is 0 Å². The molecule has 0 fully saturated rings. The van der Waals surface area contributed by atoms with Crippen LogP contribution in [0, 0.1) is 0 Å². The first-order valence-electron chi connectivity index (χ1n) is 7.83. The Bertz CT molecular complexity index is 740. The van der Waals surface area contributed by atoms with Gasteiger partial charge in [0.15, 0.2) is 0 Å². The number of benzene rings is 1. The highest BCUT2D eigenvalue weighted by molar-refractivity contribution is 7.89. The van der Waals surface area contributed by atoms with E-state index in [9.17, 15) is 8.42 Å². The number of hydrogen-bond acceptors (Lipinski definition) is 5. The molecule has 0 spiro atoms. The minimum atomic E-state index is -3.56. The molecule has 130 valence electrons. The molecule has 0 atom stereocenters. The zero-order chi connectivity index (χ0) is 17.6. The van der Waals surface area contributed by atoms with Gasteiger partial charge in [0.1, 0.15) is 11.6 Å². The molecule has 1 heterocycles. The van der Waals surface area contributed by atoms with Gasteiger partial charge in [-0.05, 0) is 49.7 Å². The lowest BCUT2D eigenvalue weighted by atomic mass is 10.3. The van der Waals surface area contributed by atoms with Crippen molar-refractivity contribution in [1.29, 1.82) is 0 Å². The molecular weight excluding hydrogens is 326 g/mol. The third kappa shape index (κ3) is 4.46. The predicted molar refractivity (Wildman–Crippen MR) is 94.8 cm³/mol. The number of methoxy groups -OCH3 is 1. The molecule has 0 saturated heterocycles. The first-order chi connectivity index (χ1) is 11.5. The van der Waals surface area contributed by atoms with Gasteiger partial charge in [-0.15, -0.1) is 0 Å². The molecule has 0 amide bonds. The first-order valence-corrected chi connectivity index (χ1v) is 9.32. The summed E-state index contributed by atoms with van der Waals surface area (Å²) in [5, 5.41) is 0. The fraction of sp³-hybridized carbons (Fsp3) is 0.353. The lowest BCUT2D eigenvalue weighted by Crippen LogP contribution is -2.24. The van der Waals surface area contributed by atoms with Crippen LogP contribution in [-0.4, -0.2) is 33.6 Å². The minimum absolute atomic E-state index is 0.194. The second kappa shape index (κ2) is 8.12. The number of pyridine rings is 1. The molecular formula is C17H23N3O3S. The maximum atomic E-state index is 12.3. The van der Waals surface area contributed by atoms with Gasteiger partial charge in [0.25, 0.3) is 0 Å². The van der Waals surface area contributed by atoms with Crippen molar-refractivity contribution in [2.45, 2.75) is 25.3 Å². The van der Waals surface area contributed by atoms with E-state index in [0.29, 0.717) is 5.75 Å². The van der Waals surface area contributed by atoms with Gasteiger partial charge < -0.3 is 9.64 Å². The number of aromatic nitrogens is 1. The summed E-state index contributed by atoms with van der Waals surface area (Å²) in [5.41, 5.74) is 0.808. The monoisotopic (exact) mass is 349 g/mol. The molecule has 0 radical (unpaired) electrons. The molecule has 0 aliphatic heterocycles. The fourth-order valence-electron chi connectivity index (χ4n) is 2.27. The molecule has 6 nitrogen and oxygen atoms in total. The van der Waals surface area contributed by atoms with Crippen LogP contribution in [-0.2, 0) is 16.6 Å². The largest absolute Gasteiger partial charge is 0.497 e. The van der Waals surface area contributed by atoms with Gasteiger partial charge in [-0.3, -0.25) is 0 Å². The van der Waals surface area contributed by atoms with Crippen LogP contribution in [0.15, 0.2) is 47.5 Å². The van der Waals surface area contributed by atoms with Crippen molar-refractivity contribution in [3.8, 4) is 5.75 Å². The van der Waals surface area contributed by atoms with Gasteiger partial charge in [0.05, 0.1) is 12.0 Å². The summed E-state index contributed by atoms with van der Waals surface area (Å²) in [5.74, 6) is 1.51. The predicted octanol–water partition coefficient (Wildman–Crippen LogP) is 2.41. The van der Waals surface area contributed by atoms with Crippen LogP contribution in [0.4, 0.5) is 5.82 Å². The van der Waals surface area contributed by atoms with Crippen LogP contribution in [0.3, 0.4) is 0 Å². The third-order valence-electron chi connectivity index (χ3n) is 3.73. The summed E-state index contributed by atoms with van der Waals surface area (Å²) in [7, 11) is -2.02. The molecule has 1 aromatic heterocycles. The van der Waals surface area contributed by atoms with Gasteiger partial charge in [-0.25, -0.2) is 18.1 Å². The number of sulfonamides is 1. The summed E-state index contributed by atoms with van der Waals surface area (Å²) in [6.45, 7) is 6.10. The second-order valence-electron chi connectivity index (χ2n) is 5.20. The highest BCUT2D eigenvalue weighted by atomic mass is 32.2. The molecule has 0 bridgehead atoms. The molecule has 0 saturated carbocycles. The summed E-state index contributed by atoms with van der Waals surface area (Å²) in [6, 6.07) is 10.1. The van der Waals surface area contributed by atoms with Crippen LogP contribution >= 0.6 is 0 Å². The van der Waals surface area contributed by atoms with E-state index in [4.69, 9.17) is 4.74 Å². The van der Waals surface area contributed by atoms with Gasteiger partial charge in [-0.2, -0.15) is 0 Å². The summed E-state index contributed by atoms with van der Waals surface area (Å²) in [4.78, 5) is 6.73. The third-order valence-corrected chi connectivity index (χ3v) is 5.15. The Morgan fingerprint density at radius 3 is 2.25 bits per heavy atom. The van der Waals surface area contributed by atoms with Crippen molar-refractivity contribution < 1.29 is 13.2 Å². The molecule has 0 aliphatic rings. The van der Waals surface area contributed by atoms with E-state index in [-0.39, 0.29) is 11.4 Å². The molecule has 7 heteroatoms. The highest BCUT2D eigenvalue weighted by Crippen LogP contribution is 2.16. The molecule has 0 unspecified atom stereocenters. The number of nitrogens with zero attached hydrogens (tertiary/aromatic N) is 2. The van der Waals surface area contributed by atoms with Crippen molar-refractivity contribution in [2.24, 2.45) is 0 Å². The fourth-order valence-corrected chi connectivity index (χ4v) is 3.29. The van der Waals surface area contributed by atoms with E-state index in [1.165, 1.54) is 19.2 Å². The Hall–Kier alpha value is -2.12.